The van der Waals surface area contributed by atoms with Crippen LogP contribution in [0.1, 0.15) is 23.7 Å². The van der Waals surface area contributed by atoms with Crippen LogP contribution in [0.15, 0.2) is 42.0 Å². The first kappa shape index (κ1) is 21.1. The van der Waals surface area contributed by atoms with Gasteiger partial charge in [-0.25, -0.2) is 4.79 Å². The van der Waals surface area contributed by atoms with Crippen molar-refractivity contribution in [1.29, 1.82) is 0 Å². The van der Waals surface area contributed by atoms with Gasteiger partial charge in [0.25, 0.3) is 0 Å². The largest absolute Gasteiger partial charge is 0.465 e. The van der Waals surface area contributed by atoms with Crippen LogP contribution in [0.3, 0.4) is 0 Å². The van der Waals surface area contributed by atoms with Crippen molar-refractivity contribution in [3.05, 3.63) is 47.5 Å². The van der Waals surface area contributed by atoms with E-state index in [1.807, 2.05) is 0 Å². The number of esters is 2. The quantitative estimate of drug-likeness (QED) is 0.335. The molecule has 1 rings (SSSR count). The summed E-state index contributed by atoms with van der Waals surface area (Å²) in [4.78, 5) is 41.6. The highest BCUT2D eigenvalue weighted by Gasteiger charge is 2.20. The molecule has 0 spiro atoms. The molecule has 0 bridgehead atoms. The van der Waals surface area contributed by atoms with Crippen LogP contribution in [0, 0.1) is 0 Å². The zero-order chi connectivity index (χ0) is 18.9. The van der Waals surface area contributed by atoms with Gasteiger partial charge in [0.05, 0.1) is 24.9 Å². The molecule has 1 atom stereocenters. The average Bonchev–Trinajstić information content (AvgIpc) is 2.54. The third-order valence-corrected chi connectivity index (χ3v) is 3.87. The molecule has 0 aliphatic heterocycles. The van der Waals surface area contributed by atoms with E-state index in [0.29, 0.717) is 5.56 Å². The lowest BCUT2D eigenvalue weighted by Crippen LogP contribution is -2.31. The minimum absolute atomic E-state index is 0.0385. The summed E-state index contributed by atoms with van der Waals surface area (Å²) in [6.07, 6.45) is 0.688. The Hall–Kier alpha value is -1.99. The summed E-state index contributed by atoms with van der Waals surface area (Å²) in [6.45, 7) is 1.66. The molecule has 0 aliphatic carbocycles. The van der Waals surface area contributed by atoms with Gasteiger partial charge in [-0.3, -0.25) is 9.36 Å². The fourth-order valence-corrected chi connectivity index (χ4v) is 2.77. The summed E-state index contributed by atoms with van der Waals surface area (Å²) in [7, 11) is -4.36. The Morgan fingerprint density at radius 2 is 1.88 bits per heavy atom. The van der Waals surface area contributed by atoms with Crippen LogP contribution >= 0.6 is 7.60 Å². The second-order valence-corrected chi connectivity index (χ2v) is 6.82. The molecule has 0 saturated heterocycles. The Bertz CT molecular complexity index is 654. The lowest BCUT2D eigenvalue weighted by atomic mass is 10.1. The molecule has 0 aliphatic rings. The molecule has 0 amide bonds. The fraction of sp³-hybridized carbons (Fsp3) is 0.375. The number of ether oxygens (including phenoxy) is 2. The molecule has 0 fully saturated rings. The summed E-state index contributed by atoms with van der Waals surface area (Å²) < 4.78 is 21.0. The maximum Gasteiger partial charge on any atom is 0.338 e. The second-order valence-electron chi connectivity index (χ2n) is 5.18. The predicted molar refractivity (Wildman–Crippen MR) is 90.9 cm³/mol. The van der Waals surface area contributed by atoms with Crippen molar-refractivity contribution < 1.29 is 33.4 Å². The van der Waals surface area contributed by atoms with E-state index in [1.54, 1.807) is 37.3 Å². The molecule has 1 aromatic carbocycles. The standard InChI is InChI=1S/C16H22NO7P/c1-2-23-16(19)14(17)10-12(11-25(20,21)22)8-9-24-15(18)13-6-4-3-5-7-13/h3-7,10,14H,2,8-9,11,17H2,1H3,(H2,20,21,22). The van der Waals surface area contributed by atoms with Crippen molar-refractivity contribution in [1.82, 2.24) is 0 Å². The first-order valence-corrected chi connectivity index (χ1v) is 9.41. The predicted octanol–water partition coefficient (Wildman–Crippen LogP) is 1.23. The minimum atomic E-state index is -4.36. The molecule has 0 saturated carbocycles. The van der Waals surface area contributed by atoms with Crippen molar-refractivity contribution >= 4 is 19.5 Å². The SMILES string of the molecule is CCOC(=O)C(N)C=C(CCOC(=O)c1ccccc1)CP(=O)(O)O. The third-order valence-electron chi connectivity index (χ3n) is 3.05. The van der Waals surface area contributed by atoms with Gasteiger partial charge in [0.1, 0.15) is 6.04 Å². The average molecular weight is 371 g/mol. The molecule has 9 heteroatoms. The molecule has 8 nitrogen and oxygen atoms in total. The van der Waals surface area contributed by atoms with E-state index >= 15 is 0 Å². The van der Waals surface area contributed by atoms with Crippen LogP contribution in [-0.2, 0) is 18.8 Å². The van der Waals surface area contributed by atoms with Crippen molar-refractivity contribution in [2.45, 2.75) is 19.4 Å². The Balaban J connectivity index is 2.69. The summed E-state index contributed by atoms with van der Waals surface area (Å²) in [6, 6.07) is 7.17. The number of hydrogen-bond acceptors (Lipinski definition) is 6. The number of carbonyl (C=O) groups excluding carboxylic acids is 2. The fourth-order valence-electron chi connectivity index (χ4n) is 1.97. The molecule has 1 aromatic rings. The van der Waals surface area contributed by atoms with Gasteiger partial charge in [0.2, 0.25) is 0 Å². The summed E-state index contributed by atoms with van der Waals surface area (Å²) in [5.74, 6) is -1.25. The van der Waals surface area contributed by atoms with Crippen molar-refractivity contribution in [3.63, 3.8) is 0 Å². The van der Waals surface area contributed by atoms with Crippen LogP contribution in [-0.4, -0.2) is 47.1 Å². The van der Waals surface area contributed by atoms with E-state index in [9.17, 15) is 14.2 Å². The Kier molecular flexibility index (Phi) is 8.51. The first-order chi connectivity index (χ1) is 11.7. The molecular formula is C16H22NO7P. The lowest BCUT2D eigenvalue weighted by Gasteiger charge is -2.13. The molecule has 0 aromatic heterocycles. The maximum absolute atomic E-state index is 11.8. The Labute approximate surface area is 145 Å². The summed E-state index contributed by atoms with van der Waals surface area (Å²) in [5.41, 5.74) is 6.22. The monoisotopic (exact) mass is 371 g/mol. The van der Waals surface area contributed by atoms with Crippen molar-refractivity contribution in [3.8, 4) is 0 Å². The van der Waals surface area contributed by atoms with Gasteiger partial charge in [-0.15, -0.1) is 0 Å². The number of carbonyl (C=O) groups is 2. The van der Waals surface area contributed by atoms with E-state index in [1.165, 1.54) is 6.08 Å². The van der Waals surface area contributed by atoms with E-state index in [2.05, 4.69) is 0 Å². The normalized spacial score (nSPS) is 13.2. The van der Waals surface area contributed by atoms with Crippen molar-refractivity contribution in [2.75, 3.05) is 19.4 Å². The van der Waals surface area contributed by atoms with Crippen LogP contribution in [0.5, 0.6) is 0 Å². The third kappa shape index (κ3) is 8.60. The molecule has 4 N–H and O–H groups in total. The smallest absolute Gasteiger partial charge is 0.338 e. The van der Waals surface area contributed by atoms with Crippen molar-refractivity contribution in [2.24, 2.45) is 5.73 Å². The van der Waals surface area contributed by atoms with Crippen LogP contribution < -0.4 is 5.73 Å². The molecule has 138 valence electrons. The highest BCUT2D eigenvalue weighted by Crippen LogP contribution is 2.37. The van der Waals surface area contributed by atoms with Gasteiger partial charge in [0.15, 0.2) is 0 Å². The Morgan fingerprint density at radius 1 is 1.24 bits per heavy atom. The van der Waals surface area contributed by atoms with Gasteiger partial charge in [-0.2, -0.15) is 0 Å². The summed E-state index contributed by atoms with van der Waals surface area (Å²) in [5, 5.41) is 0. The van der Waals surface area contributed by atoms with E-state index in [0.717, 1.165) is 0 Å². The van der Waals surface area contributed by atoms with Crippen LogP contribution in [0.4, 0.5) is 0 Å². The number of benzene rings is 1. The highest BCUT2D eigenvalue weighted by atomic mass is 31.2. The topological polar surface area (TPSA) is 136 Å². The number of nitrogens with two attached hydrogens (primary N) is 1. The van der Waals surface area contributed by atoms with E-state index in [-0.39, 0.29) is 25.2 Å². The van der Waals surface area contributed by atoms with E-state index < -0.39 is 31.7 Å². The first-order valence-electron chi connectivity index (χ1n) is 7.61. The van der Waals surface area contributed by atoms with Gasteiger partial charge in [-0.05, 0) is 19.1 Å². The highest BCUT2D eigenvalue weighted by molar-refractivity contribution is 7.52. The molecular weight excluding hydrogens is 349 g/mol. The molecule has 1 unspecified atom stereocenters. The van der Waals surface area contributed by atoms with Gasteiger partial charge in [0, 0.05) is 6.42 Å². The molecule has 0 radical (unpaired) electrons. The van der Waals surface area contributed by atoms with Gasteiger partial charge < -0.3 is 25.0 Å². The van der Waals surface area contributed by atoms with Crippen LogP contribution in [0.2, 0.25) is 0 Å². The molecule has 0 heterocycles. The Morgan fingerprint density at radius 3 is 2.44 bits per heavy atom. The maximum atomic E-state index is 11.8. The minimum Gasteiger partial charge on any atom is -0.465 e. The van der Waals surface area contributed by atoms with Gasteiger partial charge >= 0.3 is 19.5 Å². The second kappa shape index (κ2) is 10.1. The lowest BCUT2D eigenvalue weighted by molar-refractivity contribution is -0.143. The van der Waals surface area contributed by atoms with E-state index in [4.69, 9.17) is 25.0 Å². The number of hydrogen-bond donors (Lipinski definition) is 3. The zero-order valence-corrected chi connectivity index (χ0v) is 14.7. The van der Waals surface area contributed by atoms with Gasteiger partial charge in [-0.1, -0.05) is 29.8 Å². The number of rotatable bonds is 9. The molecule has 25 heavy (non-hydrogen) atoms. The summed E-state index contributed by atoms with van der Waals surface area (Å²) >= 11 is 0. The zero-order valence-electron chi connectivity index (χ0n) is 13.8. The van der Waals surface area contributed by atoms with Crippen LogP contribution in [0.25, 0.3) is 0 Å².